The van der Waals surface area contributed by atoms with Crippen LogP contribution < -0.4 is 0 Å². The van der Waals surface area contributed by atoms with Crippen molar-refractivity contribution in [2.24, 2.45) is 0 Å². The van der Waals surface area contributed by atoms with E-state index in [4.69, 9.17) is 19.2 Å². The smallest absolute Gasteiger partial charge is 0.196 e. The summed E-state index contributed by atoms with van der Waals surface area (Å²) in [7, 11) is -3.02. The third-order valence-electron chi connectivity index (χ3n) is 5.13. The molecule has 1 atom stereocenters. The van der Waals surface area contributed by atoms with Crippen LogP contribution in [-0.2, 0) is 21.0 Å². The standard InChI is InChI=1S/C17H24N4O4S/c1-3-14-18-11(2)15(25-14)17-19-16(12-4-7-24-8-5-12)20-21(17)13-6-9-26(22,23)10-13/h12-13H,3-10H2,1-2H3/t13-/m1/s1. The molecule has 0 N–H and O–H groups in total. The van der Waals surface area contributed by atoms with Gasteiger partial charge in [-0.2, -0.15) is 5.10 Å². The van der Waals surface area contributed by atoms with Gasteiger partial charge >= 0.3 is 0 Å². The fourth-order valence-corrected chi connectivity index (χ4v) is 5.35. The Hall–Kier alpha value is -1.74. The predicted octanol–water partition coefficient (Wildman–Crippen LogP) is 2.06. The first kappa shape index (κ1) is 17.7. The van der Waals surface area contributed by atoms with Gasteiger partial charge < -0.3 is 9.15 Å². The first-order chi connectivity index (χ1) is 12.5. The summed E-state index contributed by atoms with van der Waals surface area (Å²) in [5.41, 5.74) is 0.759. The lowest BCUT2D eigenvalue weighted by Crippen LogP contribution is -2.17. The van der Waals surface area contributed by atoms with E-state index in [1.807, 2.05) is 13.8 Å². The highest BCUT2D eigenvalue weighted by Gasteiger charge is 2.34. The molecule has 0 unspecified atom stereocenters. The molecular formula is C17H24N4O4S. The molecule has 0 aromatic carbocycles. The molecule has 0 bridgehead atoms. The molecule has 9 heteroatoms. The average Bonchev–Trinajstić information content (AvgIpc) is 3.31. The van der Waals surface area contributed by atoms with Crippen molar-refractivity contribution >= 4 is 9.84 Å². The summed E-state index contributed by atoms with van der Waals surface area (Å²) in [5, 5.41) is 4.73. The molecule has 2 aliphatic rings. The summed E-state index contributed by atoms with van der Waals surface area (Å²) in [6.45, 7) is 5.27. The van der Waals surface area contributed by atoms with Crippen LogP contribution in [0, 0.1) is 6.92 Å². The number of rotatable bonds is 4. The van der Waals surface area contributed by atoms with E-state index < -0.39 is 9.84 Å². The zero-order chi connectivity index (χ0) is 18.3. The largest absolute Gasteiger partial charge is 0.437 e. The van der Waals surface area contributed by atoms with Crippen molar-refractivity contribution in [2.75, 3.05) is 24.7 Å². The second-order valence-corrected chi connectivity index (χ2v) is 9.29. The summed E-state index contributed by atoms with van der Waals surface area (Å²) in [4.78, 5) is 9.21. The summed E-state index contributed by atoms with van der Waals surface area (Å²) in [6, 6.07) is -0.203. The topological polar surface area (TPSA) is 100 Å². The molecule has 0 radical (unpaired) electrons. The van der Waals surface area contributed by atoms with E-state index in [2.05, 4.69) is 4.98 Å². The first-order valence-corrected chi connectivity index (χ1v) is 11.0. The molecule has 2 aliphatic heterocycles. The molecule has 0 aliphatic carbocycles. The van der Waals surface area contributed by atoms with Gasteiger partial charge in [0, 0.05) is 25.6 Å². The van der Waals surface area contributed by atoms with Gasteiger partial charge in [0.25, 0.3) is 0 Å². The molecule has 2 aromatic rings. The number of aryl methyl sites for hydroxylation is 2. The van der Waals surface area contributed by atoms with Gasteiger partial charge in [-0.25, -0.2) is 23.1 Å². The molecule has 142 valence electrons. The van der Waals surface area contributed by atoms with E-state index >= 15 is 0 Å². The molecular weight excluding hydrogens is 356 g/mol. The van der Waals surface area contributed by atoms with Gasteiger partial charge in [-0.3, -0.25) is 0 Å². The van der Waals surface area contributed by atoms with E-state index in [-0.39, 0.29) is 23.5 Å². The third kappa shape index (κ3) is 3.29. The van der Waals surface area contributed by atoms with E-state index in [0.29, 0.717) is 43.5 Å². The molecule has 0 amide bonds. The molecule has 4 rings (SSSR count). The van der Waals surface area contributed by atoms with Gasteiger partial charge in [-0.05, 0) is 26.2 Å². The maximum absolute atomic E-state index is 12.0. The zero-order valence-corrected chi connectivity index (χ0v) is 16.0. The van der Waals surface area contributed by atoms with Crippen LogP contribution in [0.15, 0.2) is 4.42 Å². The summed E-state index contributed by atoms with van der Waals surface area (Å²) in [6.07, 6.45) is 3.00. The minimum atomic E-state index is -3.02. The van der Waals surface area contributed by atoms with Crippen molar-refractivity contribution in [3.05, 3.63) is 17.4 Å². The predicted molar refractivity (Wildman–Crippen MR) is 94.7 cm³/mol. The van der Waals surface area contributed by atoms with E-state index in [1.54, 1.807) is 4.68 Å². The Morgan fingerprint density at radius 1 is 1.19 bits per heavy atom. The third-order valence-corrected chi connectivity index (χ3v) is 6.89. The Labute approximate surface area is 152 Å². The average molecular weight is 380 g/mol. The van der Waals surface area contributed by atoms with Crippen molar-refractivity contribution < 1.29 is 17.6 Å². The number of hydrogen-bond acceptors (Lipinski definition) is 7. The lowest BCUT2D eigenvalue weighted by atomic mass is 10.00. The van der Waals surface area contributed by atoms with Crippen LogP contribution in [-0.4, -0.2) is 52.9 Å². The van der Waals surface area contributed by atoms with Crippen LogP contribution in [0.5, 0.6) is 0 Å². The Morgan fingerprint density at radius 2 is 1.96 bits per heavy atom. The van der Waals surface area contributed by atoms with Crippen LogP contribution in [0.2, 0.25) is 0 Å². The lowest BCUT2D eigenvalue weighted by Gasteiger charge is -2.19. The van der Waals surface area contributed by atoms with Gasteiger partial charge in [-0.15, -0.1) is 0 Å². The van der Waals surface area contributed by atoms with Gasteiger partial charge in [0.2, 0.25) is 0 Å². The maximum atomic E-state index is 12.0. The highest BCUT2D eigenvalue weighted by molar-refractivity contribution is 7.91. The highest BCUT2D eigenvalue weighted by atomic mass is 32.2. The van der Waals surface area contributed by atoms with Crippen LogP contribution in [0.3, 0.4) is 0 Å². The molecule has 2 fully saturated rings. The number of oxazole rings is 1. The molecule has 2 saturated heterocycles. The normalized spacial score (nSPS) is 23.5. The van der Waals surface area contributed by atoms with Crippen LogP contribution in [0.4, 0.5) is 0 Å². The number of hydrogen-bond donors (Lipinski definition) is 0. The second-order valence-electron chi connectivity index (χ2n) is 7.06. The Morgan fingerprint density at radius 3 is 2.58 bits per heavy atom. The zero-order valence-electron chi connectivity index (χ0n) is 15.1. The van der Waals surface area contributed by atoms with Crippen molar-refractivity contribution in [1.82, 2.24) is 19.7 Å². The van der Waals surface area contributed by atoms with Crippen LogP contribution in [0.25, 0.3) is 11.6 Å². The number of nitrogens with zero attached hydrogens (tertiary/aromatic N) is 4. The molecule has 26 heavy (non-hydrogen) atoms. The second kappa shape index (κ2) is 6.77. The Bertz CT molecular complexity index is 896. The van der Waals surface area contributed by atoms with Crippen LogP contribution >= 0.6 is 0 Å². The Kier molecular flexibility index (Phi) is 4.60. The maximum Gasteiger partial charge on any atom is 0.196 e. The van der Waals surface area contributed by atoms with Crippen LogP contribution in [0.1, 0.15) is 55.6 Å². The number of ether oxygens (including phenoxy) is 1. The molecule has 0 spiro atoms. The van der Waals surface area contributed by atoms with E-state index in [9.17, 15) is 8.42 Å². The number of sulfone groups is 1. The molecule has 4 heterocycles. The van der Waals surface area contributed by atoms with E-state index in [1.165, 1.54) is 0 Å². The molecule has 8 nitrogen and oxygen atoms in total. The summed E-state index contributed by atoms with van der Waals surface area (Å²) in [5.74, 6) is 3.12. The van der Waals surface area contributed by atoms with E-state index in [0.717, 1.165) is 24.4 Å². The first-order valence-electron chi connectivity index (χ1n) is 9.18. The van der Waals surface area contributed by atoms with Gasteiger partial charge in [0.15, 0.2) is 33.1 Å². The van der Waals surface area contributed by atoms with Crippen molar-refractivity contribution in [3.8, 4) is 11.6 Å². The van der Waals surface area contributed by atoms with Gasteiger partial charge in [0.05, 0.1) is 23.2 Å². The van der Waals surface area contributed by atoms with Crippen molar-refractivity contribution in [2.45, 2.75) is 51.5 Å². The fourth-order valence-electron chi connectivity index (χ4n) is 3.66. The highest BCUT2D eigenvalue weighted by Crippen LogP contribution is 2.33. The van der Waals surface area contributed by atoms with Crippen molar-refractivity contribution in [3.63, 3.8) is 0 Å². The fraction of sp³-hybridized carbons (Fsp3) is 0.706. The lowest BCUT2D eigenvalue weighted by molar-refractivity contribution is 0.0835. The van der Waals surface area contributed by atoms with Gasteiger partial charge in [0.1, 0.15) is 0 Å². The molecule has 0 saturated carbocycles. The molecule has 2 aromatic heterocycles. The Balaban J connectivity index is 1.77. The summed E-state index contributed by atoms with van der Waals surface area (Å²) < 4.78 is 37.0. The SMILES string of the molecule is CCc1nc(C)c(-c2nc(C3CCOCC3)nn2[C@@H]2CCS(=O)(=O)C2)o1. The van der Waals surface area contributed by atoms with Crippen molar-refractivity contribution in [1.29, 1.82) is 0 Å². The summed E-state index contributed by atoms with van der Waals surface area (Å²) >= 11 is 0. The number of aromatic nitrogens is 4. The quantitative estimate of drug-likeness (QED) is 0.800. The minimum absolute atomic E-state index is 0.102. The minimum Gasteiger partial charge on any atom is -0.437 e. The van der Waals surface area contributed by atoms with Gasteiger partial charge in [-0.1, -0.05) is 6.92 Å². The monoisotopic (exact) mass is 380 g/mol.